The minimum Gasteiger partial charge on any atom is -0.308 e. The molecule has 2 aromatic rings. The van der Waals surface area contributed by atoms with E-state index < -0.39 is 0 Å². The van der Waals surface area contributed by atoms with E-state index in [1.165, 1.54) is 40.3 Å². The van der Waals surface area contributed by atoms with Crippen molar-refractivity contribution in [2.75, 3.05) is 19.6 Å². The van der Waals surface area contributed by atoms with E-state index in [0.717, 1.165) is 24.5 Å². The quantitative estimate of drug-likeness (QED) is 0.797. The van der Waals surface area contributed by atoms with E-state index in [4.69, 9.17) is 11.6 Å². The molecule has 0 aliphatic carbocycles. The molecule has 4 rings (SSSR count). The van der Waals surface area contributed by atoms with Crippen molar-refractivity contribution in [1.82, 2.24) is 10.2 Å². The van der Waals surface area contributed by atoms with Gasteiger partial charge in [-0.25, -0.2) is 0 Å². The SMILES string of the molecule is CCN1CCCC1CNC1Cc2cc(Cl)ccc2Sc2ccccc21. The second-order valence-electron chi connectivity index (χ2n) is 6.98. The van der Waals surface area contributed by atoms with Crippen LogP contribution in [-0.4, -0.2) is 30.6 Å². The molecule has 0 bridgehead atoms. The molecule has 4 heteroatoms. The number of rotatable bonds is 4. The third-order valence-corrected chi connectivity index (χ3v) is 6.91. The molecule has 2 atom stereocenters. The Kier molecular flexibility index (Phi) is 5.37. The topological polar surface area (TPSA) is 15.3 Å². The van der Waals surface area contributed by atoms with Crippen LogP contribution in [0.4, 0.5) is 0 Å². The maximum absolute atomic E-state index is 6.27. The Labute approximate surface area is 159 Å². The number of benzene rings is 2. The molecule has 132 valence electrons. The zero-order chi connectivity index (χ0) is 17.2. The summed E-state index contributed by atoms with van der Waals surface area (Å²) in [6.07, 6.45) is 3.64. The van der Waals surface area contributed by atoms with Gasteiger partial charge in [0.05, 0.1) is 0 Å². The van der Waals surface area contributed by atoms with E-state index in [0.29, 0.717) is 12.1 Å². The van der Waals surface area contributed by atoms with E-state index in [1.54, 1.807) is 0 Å². The molecule has 2 nitrogen and oxygen atoms in total. The highest BCUT2D eigenvalue weighted by Crippen LogP contribution is 2.41. The fourth-order valence-electron chi connectivity index (χ4n) is 4.12. The van der Waals surface area contributed by atoms with Crippen LogP contribution in [0.1, 0.15) is 36.9 Å². The fraction of sp³-hybridized carbons (Fsp3) is 0.429. The van der Waals surface area contributed by atoms with Gasteiger partial charge in [-0.1, -0.05) is 48.5 Å². The van der Waals surface area contributed by atoms with Crippen molar-refractivity contribution in [3.05, 3.63) is 58.6 Å². The summed E-state index contributed by atoms with van der Waals surface area (Å²) in [5.41, 5.74) is 2.77. The number of nitrogens with zero attached hydrogens (tertiary/aromatic N) is 1. The van der Waals surface area contributed by atoms with Crippen molar-refractivity contribution in [3.63, 3.8) is 0 Å². The molecule has 2 heterocycles. The third-order valence-electron chi connectivity index (χ3n) is 5.47. The molecule has 0 aromatic heterocycles. The first-order valence-corrected chi connectivity index (χ1v) is 10.5. The second kappa shape index (κ2) is 7.71. The molecule has 0 amide bonds. The molecule has 1 N–H and O–H groups in total. The van der Waals surface area contributed by atoms with E-state index in [-0.39, 0.29) is 0 Å². The van der Waals surface area contributed by atoms with Crippen LogP contribution in [0.25, 0.3) is 0 Å². The number of likely N-dealkylation sites (tertiary alicyclic amines) is 1. The van der Waals surface area contributed by atoms with Crippen LogP contribution in [-0.2, 0) is 6.42 Å². The van der Waals surface area contributed by atoms with Gasteiger partial charge in [0.2, 0.25) is 0 Å². The fourth-order valence-corrected chi connectivity index (χ4v) is 5.44. The van der Waals surface area contributed by atoms with Crippen LogP contribution in [0.3, 0.4) is 0 Å². The van der Waals surface area contributed by atoms with E-state index in [2.05, 4.69) is 53.5 Å². The lowest BCUT2D eigenvalue weighted by atomic mass is 9.98. The molecule has 2 aromatic carbocycles. The summed E-state index contributed by atoms with van der Waals surface area (Å²) in [5.74, 6) is 0. The van der Waals surface area contributed by atoms with E-state index in [9.17, 15) is 0 Å². The zero-order valence-electron chi connectivity index (χ0n) is 14.7. The molecule has 2 aliphatic rings. The summed E-state index contributed by atoms with van der Waals surface area (Å²) in [4.78, 5) is 5.30. The molecule has 25 heavy (non-hydrogen) atoms. The predicted molar refractivity (Wildman–Crippen MR) is 107 cm³/mol. The molecule has 0 saturated carbocycles. The molecule has 2 aliphatic heterocycles. The lowest BCUT2D eigenvalue weighted by Crippen LogP contribution is -2.39. The first kappa shape index (κ1) is 17.4. The summed E-state index contributed by atoms with van der Waals surface area (Å²) in [6, 6.07) is 16.1. The van der Waals surface area contributed by atoms with Gasteiger partial charge >= 0.3 is 0 Å². The number of hydrogen-bond acceptors (Lipinski definition) is 3. The number of fused-ring (bicyclic) bond motifs is 2. The maximum Gasteiger partial charge on any atom is 0.0409 e. The lowest BCUT2D eigenvalue weighted by molar-refractivity contribution is 0.253. The summed E-state index contributed by atoms with van der Waals surface area (Å²) >= 11 is 8.14. The highest BCUT2D eigenvalue weighted by atomic mass is 35.5. The molecular formula is C21H25ClN2S. The Morgan fingerprint density at radius 1 is 1.20 bits per heavy atom. The van der Waals surface area contributed by atoms with Crippen LogP contribution >= 0.6 is 23.4 Å². The van der Waals surface area contributed by atoms with Crippen molar-refractivity contribution < 1.29 is 0 Å². The van der Waals surface area contributed by atoms with Crippen molar-refractivity contribution >= 4 is 23.4 Å². The predicted octanol–water partition coefficient (Wildman–Crippen LogP) is 5.16. The first-order valence-electron chi connectivity index (χ1n) is 9.27. The van der Waals surface area contributed by atoms with Gasteiger partial charge in [0.25, 0.3) is 0 Å². The van der Waals surface area contributed by atoms with Gasteiger partial charge in [-0.3, -0.25) is 4.90 Å². The molecule has 2 unspecified atom stereocenters. The van der Waals surface area contributed by atoms with Crippen LogP contribution in [0, 0.1) is 0 Å². The molecule has 0 spiro atoms. The Balaban J connectivity index is 1.59. The standard InChI is InChI=1S/C21H25ClN2S/c1-2-24-11-5-6-17(24)14-23-19-13-15-12-16(22)9-10-20(15)25-21-8-4-3-7-18(19)21/h3-4,7-10,12,17,19,23H,2,5-6,11,13-14H2,1H3. The van der Waals surface area contributed by atoms with Crippen molar-refractivity contribution in [2.45, 2.75) is 48.1 Å². The van der Waals surface area contributed by atoms with Crippen LogP contribution in [0.15, 0.2) is 52.3 Å². The minimum atomic E-state index is 0.350. The zero-order valence-corrected chi connectivity index (χ0v) is 16.2. The van der Waals surface area contributed by atoms with E-state index in [1.807, 2.05) is 17.8 Å². The van der Waals surface area contributed by atoms with Gasteiger partial charge < -0.3 is 5.32 Å². The van der Waals surface area contributed by atoms with Gasteiger partial charge in [0.15, 0.2) is 0 Å². The Bertz CT molecular complexity index is 748. The van der Waals surface area contributed by atoms with Crippen LogP contribution < -0.4 is 5.32 Å². The van der Waals surface area contributed by atoms with Gasteiger partial charge in [0.1, 0.15) is 0 Å². The monoisotopic (exact) mass is 372 g/mol. The Morgan fingerprint density at radius 3 is 2.96 bits per heavy atom. The number of hydrogen-bond donors (Lipinski definition) is 1. The summed E-state index contributed by atoms with van der Waals surface area (Å²) in [7, 11) is 0. The molecule has 1 fully saturated rings. The van der Waals surface area contributed by atoms with Gasteiger partial charge in [-0.05, 0) is 67.7 Å². The van der Waals surface area contributed by atoms with Gasteiger partial charge in [-0.2, -0.15) is 0 Å². The summed E-state index contributed by atoms with van der Waals surface area (Å²) < 4.78 is 0. The normalized spacial score (nSPS) is 23.1. The van der Waals surface area contributed by atoms with Crippen LogP contribution in [0.2, 0.25) is 5.02 Å². The molecule has 0 radical (unpaired) electrons. The number of likely N-dealkylation sites (N-methyl/N-ethyl adjacent to an activating group) is 1. The third kappa shape index (κ3) is 3.75. The summed E-state index contributed by atoms with van der Waals surface area (Å²) in [5, 5.41) is 4.72. The Morgan fingerprint density at radius 2 is 2.08 bits per heavy atom. The first-order chi connectivity index (χ1) is 12.2. The van der Waals surface area contributed by atoms with Crippen LogP contribution in [0.5, 0.6) is 0 Å². The minimum absolute atomic E-state index is 0.350. The maximum atomic E-state index is 6.27. The van der Waals surface area contributed by atoms with Crippen molar-refractivity contribution in [3.8, 4) is 0 Å². The highest BCUT2D eigenvalue weighted by molar-refractivity contribution is 7.99. The van der Waals surface area contributed by atoms with Crippen molar-refractivity contribution in [2.24, 2.45) is 0 Å². The largest absolute Gasteiger partial charge is 0.308 e. The summed E-state index contributed by atoms with van der Waals surface area (Å²) in [6.45, 7) is 5.74. The van der Waals surface area contributed by atoms with E-state index >= 15 is 0 Å². The average molecular weight is 373 g/mol. The number of halogens is 1. The number of nitrogens with one attached hydrogen (secondary N) is 1. The smallest absolute Gasteiger partial charge is 0.0409 e. The molecular weight excluding hydrogens is 348 g/mol. The van der Waals surface area contributed by atoms with Crippen molar-refractivity contribution in [1.29, 1.82) is 0 Å². The lowest BCUT2D eigenvalue weighted by Gasteiger charge is -2.26. The van der Waals surface area contributed by atoms with Gasteiger partial charge in [0, 0.05) is 33.4 Å². The Hall–Kier alpha value is -1.00. The highest BCUT2D eigenvalue weighted by Gasteiger charge is 2.26. The van der Waals surface area contributed by atoms with Gasteiger partial charge in [-0.15, -0.1) is 0 Å². The average Bonchev–Trinajstić information content (AvgIpc) is 3.02. The second-order valence-corrected chi connectivity index (χ2v) is 8.50. The molecule has 1 saturated heterocycles.